The number of rotatable bonds is 6. The minimum atomic E-state index is -0.0396. The number of fused-ring (bicyclic) bond motifs is 1. The standard InChI is InChI=1S/C16H25N3O2S/c1-11(2)6-5-9-17-14(20)8-4-3-7-13-15-12(10-22-13)18-16(21)19-15/h11-13,15H,3-4,7-10H2,1-2H3,(H,17,20)(H2,18,19,21)/t12-,13-,15-/m0/s1. The highest BCUT2D eigenvalue weighted by atomic mass is 32.2. The Balaban J connectivity index is 1.55. The van der Waals surface area contributed by atoms with Crippen molar-refractivity contribution in [3.63, 3.8) is 0 Å². The molecule has 0 aromatic carbocycles. The number of urea groups is 1. The molecule has 0 radical (unpaired) electrons. The molecule has 0 aromatic heterocycles. The molecule has 0 unspecified atom stereocenters. The Morgan fingerprint density at radius 2 is 2.23 bits per heavy atom. The lowest BCUT2D eigenvalue weighted by atomic mass is 10.0. The van der Waals surface area contributed by atoms with Crippen LogP contribution in [0.5, 0.6) is 0 Å². The zero-order chi connectivity index (χ0) is 15.9. The lowest BCUT2D eigenvalue weighted by molar-refractivity contribution is -0.120. The molecule has 3 atom stereocenters. The molecule has 3 amide bonds. The number of carbonyl (C=O) groups excluding carboxylic acids is 2. The summed E-state index contributed by atoms with van der Waals surface area (Å²) in [4.78, 5) is 23.0. The highest BCUT2D eigenvalue weighted by molar-refractivity contribution is 8.00. The molecule has 122 valence electrons. The van der Waals surface area contributed by atoms with E-state index in [0.717, 1.165) is 25.0 Å². The number of nitrogens with one attached hydrogen (secondary N) is 3. The van der Waals surface area contributed by atoms with Crippen LogP contribution < -0.4 is 16.0 Å². The first kappa shape index (κ1) is 17.0. The van der Waals surface area contributed by atoms with Gasteiger partial charge in [0.2, 0.25) is 5.91 Å². The lowest BCUT2D eigenvalue weighted by Gasteiger charge is -2.16. The molecule has 22 heavy (non-hydrogen) atoms. The molecule has 0 saturated carbocycles. The van der Waals surface area contributed by atoms with Crippen molar-refractivity contribution in [3.8, 4) is 11.8 Å². The van der Waals surface area contributed by atoms with Crippen LogP contribution in [0.2, 0.25) is 0 Å². The largest absolute Gasteiger partial charge is 0.345 e. The fourth-order valence-electron chi connectivity index (χ4n) is 2.76. The smallest absolute Gasteiger partial charge is 0.315 e. The quantitative estimate of drug-likeness (QED) is 0.394. The van der Waals surface area contributed by atoms with Gasteiger partial charge in [0.25, 0.3) is 0 Å². The summed E-state index contributed by atoms with van der Waals surface area (Å²) in [6.07, 6.45) is 3.51. The first-order chi connectivity index (χ1) is 10.6. The maximum absolute atomic E-state index is 11.7. The predicted molar refractivity (Wildman–Crippen MR) is 89.6 cm³/mol. The highest BCUT2D eigenvalue weighted by Crippen LogP contribution is 2.33. The van der Waals surface area contributed by atoms with Gasteiger partial charge in [-0.1, -0.05) is 32.1 Å². The fraction of sp³-hybridized carbons (Fsp3) is 0.750. The number of carbonyl (C=O) groups is 2. The van der Waals surface area contributed by atoms with E-state index in [4.69, 9.17) is 0 Å². The normalized spacial score (nSPS) is 26.0. The number of amides is 3. The zero-order valence-corrected chi connectivity index (χ0v) is 14.1. The third-order valence-electron chi connectivity index (χ3n) is 3.85. The molecule has 2 heterocycles. The van der Waals surface area contributed by atoms with Gasteiger partial charge in [0.1, 0.15) is 0 Å². The van der Waals surface area contributed by atoms with Crippen LogP contribution in [-0.4, -0.2) is 41.6 Å². The molecule has 6 heteroatoms. The van der Waals surface area contributed by atoms with E-state index < -0.39 is 0 Å². The average molecular weight is 323 g/mol. The maximum Gasteiger partial charge on any atom is 0.315 e. The second kappa shape index (κ2) is 8.33. The van der Waals surface area contributed by atoms with Gasteiger partial charge in [-0.05, 0) is 12.8 Å². The summed E-state index contributed by atoms with van der Waals surface area (Å²) >= 11 is 1.92. The summed E-state index contributed by atoms with van der Waals surface area (Å²) in [6.45, 7) is 4.50. The highest BCUT2D eigenvalue weighted by Gasteiger charge is 2.42. The van der Waals surface area contributed by atoms with Gasteiger partial charge < -0.3 is 16.0 Å². The summed E-state index contributed by atoms with van der Waals surface area (Å²) in [6, 6.07) is 0.505. The second-order valence-corrected chi connectivity index (χ2v) is 7.39. The molecular formula is C16H25N3O2S. The summed E-state index contributed by atoms with van der Waals surface area (Å²) in [7, 11) is 0. The Morgan fingerprint density at radius 1 is 1.41 bits per heavy atom. The molecular weight excluding hydrogens is 298 g/mol. The molecule has 2 aliphatic heterocycles. The molecule has 5 nitrogen and oxygen atoms in total. The van der Waals surface area contributed by atoms with Crippen molar-refractivity contribution < 1.29 is 9.59 Å². The van der Waals surface area contributed by atoms with Crippen molar-refractivity contribution in [2.24, 2.45) is 5.92 Å². The van der Waals surface area contributed by atoms with Crippen molar-refractivity contribution in [2.75, 3.05) is 12.3 Å². The van der Waals surface area contributed by atoms with Crippen LogP contribution in [0.25, 0.3) is 0 Å². The molecule has 0 spiro atoms. The van der Waals surface area contributed by atoms with Crippen LogP contribution in [-0.2, 0) is 4.79 Å². The van der Waals surface area contributed by atoms with Gasteiger partial charge in [-0.2, -0.15) is 11.8 Å². The summed E-state index contributed by atoms with van der Waals surface area (Å²) in [5, 5.41) is 9.24. The molecule has 0 bridgehead atoms. The van der Waals surface area contributed by atoms with Crippen LogP contribution in [0.1, 0.15) is 39.5 Å². The molecule has 2 fully saturated rings. The van der Waals surface area contributed by atoms with Crippen molar-refractivity contribution >= 4 is 23.7 Å². The lowest BCUT2D eigenvalue weighted by Crippen LogP contribution is -2.36. The molecule has 0 aromatic rings. The first-order valence-corrected chi connectivity index (χ1v) is 9.05. The third-order valence-corrected chi connectivity index (χ3v) is 5.35. The topological polar surface area (TPSA) is 70.2 Å². The molecule has 2 saturated heterocycles. The monoisotopic (exact) mass is 323 g/mol. The Hall–Kier alpha value is -1.35. The van der Waals surface area contributed by atoms with Gasteiger partial charge >= 0.3 is 6.03 Å². The summed E-state index contributed by atoms with van der Waals surface area (Å²) in [5.41, 5.74) is 0. The minimum absolute atomic E-state index is 0.0396. The van der Waals surface area contributed by atoms with Gasteiger partial charge in [-0.25, -0.2) is 4.79 Å². The van der Waals surface area contributed by atoms with Gasteiger partial charge in [0.05, 0.1) is 18.6 Å². The SMILES string of the molecule is CC(C)C#CCNC(=O)CCCC[C@@H]1SC[C@@H]2NC(=O)N[C@@H]21. The van der Waals surface area contributed by atoms with Crippen molar-refractivity contribution in [1.29, 1.82) is 0 Å². The van der Waals surface area contributed by atoms with Crippen molar-refractivity contribution in [2.45, 2.75) is 56.9 Å². The number of unbranched alkanes of at least 4 members (excludes halogenated alkanes) is 1. The van der Waals surface area contributed by atoms with Crippen LogP contribution in [0.4, 0.5) is 4.79 Å². The van der Waals surface area contributed by atoms with Gasteiger partial charge in [0, 0.05) is 23.3 Å². The third kappa shape index (κ3) is 5.13. The Bertz CT molecular complexity index is 470. The van der Waals surface area contributed by atoms with E-state index in [1.165, 1.54) is 0 Å². The molecule has 2 rings (SSSR count). The molecule has 3 N–H and O–H groups in total. The predicted octanol–water partition coefficient (Wildman–Crippen LogP) is 1.49. The average Bonchev–Trinajstić information content (AvgIpc) is 2.99. The Labute approximate surface area is 136 Å². The minimum Gasteiger partial charge on any atom is -0.345 e. The maximum atomic E-state index is 11.7. The zero-order valence-electron chi connectivity index (χ0n) is 13.3. The van der Waals surface area contributed by atoms with E-state index in [0.29, 0.717) is 24.1 Å². The summed E-state index contributed by atoms with van der Waals surface area (Å²) in [5.74, 6) is 7.38. The van der Waals surface area contributed by atoms with Crippen molar-refractivity contribution in [3.05, 3.63) is 0 Å². The van der Waals surface area contributed by atoms with E-state index in [9.17, 15) is 9.59 Å². The van der Waals surface area contributed by atoms with Crippen LogP contribution in [0, 0.1) is 17.8 Å². The fourth-order valence-corrected chi connectivity index (χ4v) is 4.30. The molecule has 0 aliphatic carbocycles. The van der Waals surface area contributed by atoms with Gasteiger partial charge in [-0.3, -0.25) is 4.79 Å². The van der Waals surface area contributed by atoms with E-state index in [1.807, 2.05) is 25.6 Å². The van der Waals surface area contributed by atoms with Crippen LogP contribution >= 0.6 is 11.8 Å². The van der Waals surface area contributed by atoms with E-state index in [1.54, 1.807) is 0 Å². The number of thioether (sulfide) groups is 1. The van der Waals surface area contributed by atoms with Gasteiger partial charge in [-0.15, -0.1) is 0 Å². The van der Waals surface area contributed by atoms with Crippen LogP contribution in [0.3, 0.4) is 0 Å². The van der Waals surface area contributed by atoms with Crippen molar-refractivity contribution in [1.82, 2.24) is 16.0 Å². The van der Waals surface area contributed by atoms with Gasteiger partial charge in [0.15, 0.2) is 0 Å². The van der Waals surface area contributed by atoms with E-state index in [2.05, 4.69) is 27.8 Å². The number of hydrogen-bond donors (Lipinski definition) is 3. The molecule has 2 aliphatic rings. The Morgan fingerprint density at radius 3 is 3.00 bits per heavy atom. The Kier molecular flexibility index (Phi) is 6.44. The van der Waals surface area contributed by atoms with E-state index in [-0.39, 0.29) is 24.0 Å². The summed E-state index contributed by atoms with van der Waals surface area (Å²) < 4.78 is 0. The van der Waals surface area contributed by atoms with Crippen LogP contribution in [0.15, 0.2) is 0 Å². The second-order valence-electron chi connectivity index (χ2n) is 6.12. The van der Waals surface area contributed by atoms with E-state index >= 15 is 0 Å². The number of hydrogen-bond acceptors (Lipinski definition) is 3. The first-order valence-electron chi connectivity index (χ1n) is 8.00.